The van der Waals surface area contributed by atoms with E-state index in [9.17, 15) is 9.59 Å². The summed E-state index contributed by atoms with van der Waals surface area (Å²) in [6.07, 6.45) is 2.37. The lowest BCUT2D eigenvalue weighted by molar-refractivity contribution is -0.126. The van der Waals surface area contributed by atoms with Crippen molar-refractivity contribution in [3.05, 3.63) is 63.8 Å². The van der Waals surface area contributed by atoms with Gasteiger partial charge in [0, 0.05) is 40.6 Å². The van der Waals surface area contributed by atoms with Gasteiger partial charge in [-0.2, -0.15) is 0 Å². The summed E-state index contributed by atoms with van der Waals surface area (Å²) < 4.78 is 0.888. The van der Waals surface area contributed by atoms with Crippen LogP contribution in [0.25, 0.3) is 10.9 Å². The zero-order chi connectivity index (χ0) is 22.5. The molecule has 1 atom stereocenters. The molecule has 5 rings (SSSR count). The zero-order valence-corrected chi connectivity index (χ0v) is 20.0. The second kappa shape index (κ2) is 7.96. The van der Waals surface area contributed by atoms with Crippen LogP contribution in [0.5, 0.6) is 0 Å². The van der Waals surface area contributed by atoms with Gasteiger partial charge in [0.05, 0.1) is 11.4 Å². The van der Waals surface area contributed by atoms with Gasteiger partial charge < -0.3 is 20.1 Å². The van der Waals surface area contributed by atoms with E-state index in [1.54, 1.807) is 4.90 Å². The Balaban J connectivity index is 1.82. The van der Waals surface area contributed by atoms with Crippen molar-refractivity contribution >= 4 is 44.5 Å². The van der Waals surface area contributed by atoms with E-state index in [0.29, 0.717) is 26.1 Å². The SMILES string of the molecule is CCCNC(=O)N1CCc2c([nH]c3ccccc23)C12C(=O)N(CCC)c1ccc(Br)cc12. The maximum absolute atomic E-state index is 14.3. The van der Waals surface area contributed by atoms with E-state index in [4.69, 9.17) is 0 Å². The number of halogens is 1. The van der Waals surface area contributed by atoms with Crippen molar-refractivity contribution in [2.24, 2.45) is 0 Å². The number of hydrogen-bond acceptors (Lipinski definition) is 2. The minimum Gasteiger partial charge on any atom is -0.355 e. The van der Waals surface area contributed by atoms with E-state index in [-0.39, 0.29) is 11.9 Å². The summed E-state index contributed by atoms with van der Waals surface area (Å²) in [5.41, 5.74) is 3.45. The molecule has 166 valence electrons. The van der Waals surface area contributed by atoms with E-state index in [2.05, 4.69) is 39.2 Å². The number of carbonyl (C=O) groups excluding carboxylic acids is 2. The summed E-state index contributed by atoms with van der Waals surface area (Å²) in [5.74, 6) is -0.0633. The van der Waals surface area contributed by atoms with E-state index in [1.807, 2.05) is 48.2 Å². The topological polar surface area (TPSA) is 68.4 Å². The van der Waals surface area contributed by atoms with Gasteiger partial charge in [-0.1, -0.05) is 48.0 Å². The van der Waals surface area contributed by atoms with Gasteiger partial charge in [0.2, 0.25) is 0 Å². The first-order valence-electron chi connectivity index (χ1n) is 11.3. The highest BCUT2D eigenvalue weighted by Gasteiger charge is 2.60. The number of aromatic nitrogens is 1. The second-order valence-corrected chi connectivity index (χ2v) is 9.40. The first kappa shape index (κ1) is 21.1. The molecule has 3 heterocycles. The fraction of sp³-hybridized carbons (Fsp3) is 0.360. The molecule has 2 aliphatic heterocycles. The lowest BCUT2D eigenvalue weighted by atomic mass is 9.80. The Hall–Kier alpha value is -2.80. The third-order valence-electron chi connectivity index (χ3n) is 6.58. The average molecular weight is 495 g/mol. The van der Waals surface area contributed by atoms with Crippen molar-refractivity contribution in [1.29, 1.82) is 0 Å². The highest BCUT2D eigenvalue weighted by Crippen LogP contribution is 2.52. The summed E-state index contributed by atoms with van der Waals surface area (Å²) in [4.78, 5) is 35.0. The van der Waals surface area contributed by atoms with Crippen LogP contribution in [-0.2, 0) is 16.8 Å². The largest absolute Gasteiger partial charge is 0.355 e. The van der Waals surface area contributed by atoms with Crippen LogP contribution in [0.2, 0.25) is 0 Å². The number of amides is 3. The van der Waals surface area contributed by atoms with E-state index >= 15 is 0 Å². The van der Waals surface area contributed by atoms with Gasteiger partial charge in [0.1, 0.15) is 0 Å². The van der Waals surface area contributed by atoms with Crippen LogP contribution in [0.3, 0.4) is 0 Å². The molecule has 1 spiro atoms. The standard InChI is InChI=1S/C25H27BrN4O2/c1-3-12-27-24(32)30-14-11-18-17-7-5-6-8-20(17)28-22(18)25(30)19-15-16(26)9-10-21(19)29(13-4-2)23(25)31/h5-10,15,28H,3-4,11-14H2,1-2H3,(H,27,32). The van der Waals surface area contributed by atoms with Crippen LogP contribution >= 0.6 is 15.9 Å². The van der Waals surface area contributed by atoms with Crippen LogP contribution in [0.1, 0.15) is 43.5 Å². The fourth-order valence-corrected chi connectivity index (χ4v) is 5.64. The molecule has 0 saturated carbocycles. The van der Waals surface area contributed by atoms with Crippen molar-refractivity contribution in [3.8, 4) is 0 Å². The van der Waals surface area contributed by atoms with Gasteiger partial charge >= 0.3 is 6.03 Å². The summed E-state index contributed by atoms with van der Waals surface area (Å²) in [6.45, 7) is 5.75. The number of carbonyl (C=O) groups is 2. The van der Waals surface area contributed by atoms with Crippen LogP contribution < -0.4 is 10.2 Å². The van der Waals surface area contributed by atoms with Crippen LogP contribution in [0, 0.1) is 0 Å². The number of fused-ring (bicyclic) bond motifs is 6. The molecule has 1 unspecified atom stereocenters. The van der Waals surface area contributed by atoms with Gasteiger partial charge in [-0.15, -0.1) is 0 Å². The number of aromatic amines is 1. The van der Waals surface area contributed by atoms with Crippen LogP contribution in [-0.4, -0.2) is 41.5 Å². The molecule has 1 aromatic heterocycles. The lowest BCUT2D eigenvalue weighted by Gasteiger charge is -2.43. The number of hydrogen-bond donors (Lipinski definition) is 2. The molecule has 0 aliphatic carbocycles. The van der Waals surface area contributed by atoms with Crippen molar-refractivity contribution in [2.75, 3.05) is 24.5 Å². The van der Waals surface area contributed by atoms with Crippen LogP contribution in [0.15, 0.2) is 46.9 Å². The normalized spacial score (nSPS) is 19.5. The van der Waals surface area contributed by atoms with Crippen molar-refractivity contribution in [1.82, 2.24) is 15.2 Å². The predicted molar refractivity (Wildman–Crippen MR) is 130 cm³/mol. The summed E-state index contributed by atoms with van der Waals surface area (Å²) in [6, 6.07) is 13.9. The summed E-state index contributed by atoms with van der Waals surface area (Å²) in [7, 11) is 0. The molecule has 2 aromatic carbocycles. The maximum Gasteiger partial charge on any atom is 0.318 e. The van der Waals surface area contributed by atoms with Gasteiger partial charge in [-0.25, -0.2) is 4.79 Å². The Bertz CT molecular complexity index is 1220. The Morgan fingerprint density at radius 3 is 2.78 bits per heavy atom. The molecular weight excluding hydrogens is 468 g/mol. The Kier molecular flexibility index (Phi) is 5.24. The molecular formula is C25H27BrN4O2. The first-order valence-corrected chi connectivity index (χ1v) is 12.1. The average Bonchev–Trinajstić information content (AvgIpc) is 3.28. The van der Waals surface area contributed by atoms with Gasteiger partial charge in [-0.05, 0) is 49.1 Å². The number of para-hydroxylation sites is 1. The molecule has 0 bridgehead atoms. The van der Waals surface area contributed by atoms with E-state index in [0.717, 1.165) is 50.7 Å². The Morgan fingerprint density at radius 1 is 1.19 bits per heavy atom. The van der Waals surface area contributed by atoms with E-state index in [1.165, 1.54) is 0 Å². The number of urea groups is 1. The van der Waals surface area contributed by atoms with E-state index < -0.39 is 5.54 Å². The number of H-pyrrole nitrogens is 1. The lowest BCUT2D eigenvalue weighted by Crippen LogP contribution is -2.61. The molecule has 6 nitrogen and oxygen atoms in total. The van der Waals surface area contributed by atoms with Crippen molar-refractivity contribution < 1.29 is 9.59 Å². The zero-order valence-electron chi connectivity index (χ0n) is 18.4. The molecule has 3 amide bonds. The maximum atomic E-state index is 14.3. The molecule has 0 fully saturated rings. The fourth-order valence-electron chi connectivity index (χ4n) is 5.28. The highest BCUT2D eigenvalue weighted by molar-refractivity contribution is 9.10. The smallest absolute Gasteiger partial charge is 0.318 e. The van der Waals surface area contributed by atoms with Gasteiger partial charge in [-0.3, -0.25) is 4.79 Å². The van der Waals surface area contributed by atoms with Crippen molar-refractivity contribution in [3.63, 3.8) is 0 Å². The molecule has 2 N–H and O–H groups in total. The highest BCUT2D eigenvalue weighted by atomic mass is 79.9. The molecule has 32 heavy (non-hydrogen) atoms. The van der Waals surface area contributed by atoms with Gasteiger partial charge in [0.25, 0.3) is 5.91 Å². The number of rotatable bonds is 4. The van der Waals surface area contributed by atoms with Crippen LogP contribution in [0.4, 0.5) is 10.5 Å². The summed E-state index contributed by atoms with van der Waals surface area (Å²) in [5, 5.41) is 4.14. The first-order chi connectivity index (χ1) is 15.5. The molecule has 2 aliphatic rings. The number of benzene rings is 2. The molecule has 7 heteroatoms. The minimum absolute atomic E-state index is 0.0633. The third kappa shape index (κ3) is 2.83. The quantitative estimate of drug-likeness (QED) is 0.540. The molecule has 0 radical (unpaired) electrons. The van der Waals surface area contributed by atoms with Crippen molar-refractivity contribution in [2.45, 2.75) is 38.6 Å². The Morgan fingerprint density at radius 2 is 2.00 bits per heavy atom. The minimum atomic E-state index is -1.21. The predicted octanol–water partition coefficient (Wildman–Crippen LogP) is 4.91. The number of nitrogens with one attached hydrogen (secondary N) is 2. The number of nitrogens with zero attached hydrogens (tertiary/aromatic N) is 2. The third-order valence-corrected chi connectivity index (χ3v) is 7.07. The molecule has 3 aromatic rings. The van der Waals surface area contributed by atoms with Gasteiger partial charge in [0.15, 0.2) is 5.54 Å². The number of anilines is 1. The molecule has 0 saturated heterocycles. The Labute approximate surface area is 196 Å². The summed E-state index contributed by atoms with van der Waals surface area (Å²) >= 11 is 3.61. The second-order valence-electron chi connectivity index (χ2n) is 8.49. The monoisotopic (exact) mass is 494 g/mol.